The maximum Gasteiger partial charge on any atom is 0.214 e. The van der Waals surface area contributed by atoms with Gasteiger partial charge in [-0.15, -0.1) is 0 Å². The van der Waals surface area contributed by atoms with E-state index in [1.807, 2.05) is 13.1 Å². The molecule has 2 rings (SSSR count). The molecule has 1 fully saturated rings. The summed E-state index contributed by atoms with van der Waals surface area (Å²) in [7, 11) is 2.01. The molecule has 4 heteroatoms. The van der Waals surface area contributed by atoms with Gasteiger partial charge in [-0.2, -0.15) is 4.39 Å². The Morgan fingerprint density at radius 3 is 2.56 bits per heavy atom. The molecule has 0 aromatic carbocycles. The number of aromatic nitrogens is 1. The van der Waals surface area contributed by atoms with E-state index in [1.54, 1.807) is 6.07 Å². The summed E-state index contributed by atoms with van der Waals surface area (Å²) in [5.74, 6) is 0.331. The van der Waals surface area contributed by atoms with Crippen LogP contribution in [-0.2, 0) is 0 Å². The van der Waals surface area contributed by atoms with Crippen molar-refractivity contribution in [3.63, 3.8) is 0 Å². The van der Waals surface area contributed by atoms with E-state index in [4.69, 9.17) is 0 Å². The lowest BCUT2D eigenvalue weighted by atomic mass is 10.0. The lowest BCUT2D eigenvalue weighted by Gasteiger charge is -2.38. The van der Waals surface area contributed by atoms with E-state index in [0.29, 0.717) is 12.1 Å². The van der Waals surface area contributed by atoms with Gasteiger partial charge in [0.1, 0.15) is 5.82 Å². The molecule has 18 heavy (non-hydrogen) atoms. The Morgan fingerprint density at radius 1 is 1.33 bits per heavy atom. The first-order valence-electron chi connectivity index (χ1n) is 6.67. The van der Waals surface area contributed by atoms with E-state index in [9.17, 15) is 4.39 Å². The molecule has 0 spiro atoms. The van der Waals surface area contributed by atoms with Gasteiger partial charge in [-0.1, -0.05) is 6.07 Å². The minimum Gasteiger partial charge on any atom is -0.357 e. The van der Waals surface area contributed by atoms with Gasteiger partial charge in [-0.05, 0) is 38.8 Å². The highest BCUT2D eigenvalue weighted by atomic mass is 19.1. The third-order valence-corrected chi connectivity index (χ3v) is 3.84. The molecule has 0 amide bonds. The number of hydrogen-bond donors (Lipinski definition) is 0. The SMILES string of the molecule is CC(C)N1CCC(N(C)c2cccc(F)n2)CC1. The Labute approximate surface area is 109 Å². The number of hydrogen-bond acceptors (Lipinski definition) is 3. The van der Waals surface area contributed by atoms with Gasteiger partial charge in [0.15, 0.2) is 0 Å². The molecule has 1 aliphatic heterocycles. The van der Waals surface area contributed by atoms with Gasteiger partial charge in [-0.25, -0.2) is 4.98 Å². The average molecular weight is 251 g/mol. The molecule has 0 saturated carbocycles. The molecule has 3 nitrogen and oxygen atoms in total. The molecule has 1 saturated heterocycles. The predicted molar refractivity (Wildman–Crippen MR) is 72.3 cm³/mol. The molecule has 2 heterocycles. The van der Waals surface area contributed by atoms with Crippen LogP contribution in [0.1, 0.15) is 26.7 Å². The van der Waals surface area contributed by atoms with Crippen LogP contribution in [0.3, 0.4) is 0 Å². The lowest BCUT2D eigenvalue weighted by Crippen LogP contribution is -2.46. The quantitative estimate of drug-likeness (QED) is 0.770. The number of piperidine rings is 1. The smallest absolute Gasteiger partial charge is 0.214 e. The summed E-state index contributed by atoms with van der Waals surface area (Å²) >= 11 is 0. The number of nitrogens with zero attached hydrogens (tertiary/aromatic N) is 3. The van der Waals surface area contributed by atoms with Crippen LogP contribution in [0.5, 0.6) is 0 Å². The van der Waals surface area contributed by atoms with Gasteiger partial charge in [-0.3, -0.25) is 0 Å². The molecule has 0 unspecified atom stereocenters. The van der Waals surface area contributed by atoms with Crippen molar-refractivity contribution in [2.24, 2.45) is 0 Å². The van der Waals surface area contributed by atoms with Gasteiger partial charge in [0.05, 0.1) is 0 Å². The van der Waals surface area contributed by atoms with Gasteiger partial charge in [0.2, 0.25) is 5.95 Å². The van der Waals surface area contributed by atoms with E-state index >= 15 is 0 Å². The highest BCUT2D eigenvalue weighted by Crippen LogP contribution is 2.21. The van der Waals surface area contributed by atoms with Gasteiger partial charge in [0, 0.05) is 32.2 Å². The third-order valence-electron chi connectivity index (χ3n) is 3.84. The van der Waals surface area contributed by atoms with Crippen LogP contribution < -0.4 is 4.90 Å². The minimum atomic E-state index is -0.404. The zero-order valence-electron chi connectivity index (χ0n) is 11.4. The number of anilines is 1. The van der Waals surface area contributed by atoms with Crippen molar-refractivity contribution in [2.45, 2.75) is 38.8 Å². The van der Waals surface area contributed by atoms with Crippen molar-refractivity contribution in [2.75, 3.05) is 25.0 Å². The van der Waals surface area contributed by atoms with E-state index in [1.165, 1.54) is 6.07 Å². The second-order valence-corrected chi connectivity index (χ2v) is 5.29. The van der Waals surface area contributed by atoms with Crippen LogP contribution >= 0.6 is 0 Å². The summed E-state index contributed by atoms with van der Waals surface area (Å²) in [5.41, 5.74) is 0. The van der Waals surface area contributed by atoms with Gasteiger partial charge >= 0.3 is 0 Å². The predicted octanol–water partition coefficient (Wildman–Crippen LogP) is 2.53. The van der Waals surface area contributed by atoms with Crippen LogP contribution in [0.15, 0.2) is 18.2 Å². The van der Waals surface area contributed by atoms with Crippen molar-refractivity contribution >= 4 is 5.82 Å². The third kappa shape index (κ3) is 2.99. The van der Waals surface area contributed by atoms with Crippen molar-refractivity contribution < 1.29 is 4.39 Å². The second kappa shape index (κ2) is 5.65. The zero-order valence-corrected chi connectivity index (χ0v) is 11.4. The first-order chi connectivity index (χ1) is 8.58. The Kier molecular flexibility index (Phi) is 4.17. The molecule has 0 N–H and O–H groups in total. The van der Waals surface area contributed by atoms with Crippen molar-refractivity contribution in [1.29, 1.82) is 0 Å². The fourth-order valence-electron chi connectivity index (χ4n) is 2.57. The number of rotatable bonds is 3. The summed E-state index contributed by atoms with van der Waals surface area (Å²) in [6.45, 7) is 6.69. The molecule has 1 aromatic rings. The Balaban J connectivity index is 1.97. The van der Waals surface area contributed by atoms with E-state index in [-0.39, 0.29) is 0 Å². The first kappa shape index (κ1) is 13.3. The molecule has 0 radical (unpaired) electrons. The molecule has 0 bridgehead atoms. The fourth-order valence-corrected chi connectivity index (χ4v) is 2.57. The summed E-state index contributed by atoms with van der Waals surface area (Å²) in [5, 5.41) is 0. The van der Waals surface area contributed by atoms with Crippen LogP contribution in [-0.4, -0.2) is 42.1 Å². The van der Waals surface area contributed by atoms with Gasteiger partial charge in [0.25, 0.3) is 0 Å². The highest BCUT2D eigenvalue weighted by molar-refractivity contribution is 5.38. The Morgan fingerprint density at radius 2 is 2.00 bits per heavy atom. The first-order valence-corrected chi connectivity index (χ1v) is 6.67. The largest absolute Gasteiger partial charge is 0.357 e. The zero-order chi connectivity index (χ0) is 13.1. The van der Waals surface area contributed by atoms with Gasteiger partial charge < -0.3 is 9.80 Å². The summed E-state index contributed by atoms with van der Waals surface area (Å²) < 4.78 is 13.1. The molecule has 0 aliphatic carbocycles. The summed E-state index contributed by atoms with van der Waals surface area (Å²) in [6, 6.07) is 6.06. The van der Waals surface area contributed by atoms with Crippen molar-refractivity contribution in [3.05, 3.63) is 24.1 Å². The second-order valence-electron chi connectivity index (χ2n) is 5.29. The maximum atomic E-state index is 13.1. The molecule has 1 aliphatic rings. The van der Waals surface area contributed by atoms with E-state index < -0.39 is 5.95 Å². The average Bonchev–Trinajstić information content (AvgIpc) is 2.38. The van der Waals surface area contributed by atoms with Crippen LogP contribution in [0.4, 0.5) is 10.2 Å². The standard InChI is InChI=1S/C14H22FN3/c1-11(2)18-9-7-12(8-10-18)17(3)14-6-4-5-13(15)16-14/h4-6,11-12H,7-10H2,1-3H3. The van der Waals surface area contributed by atoms with Crippen molar-refractivity contribution in [3.8, 4) is 0 Å². The number of pyridine rings is 1. The van der Waals surface area contributed by atoms with Crippen LogP contribution in [0, 0.1) is 5.95 Å². The normalized spacial score (nSPS) is 18.3. The van der Waals surface area contributed by atoms with Crippen LogP contribution in [0.25, 0.3) is 0 Å². The molecular weight excluding hydrogens is 229 g/mol. The van der Waals surface area contributed by atoms with E-state index in [0.717, 1.165) is 31.7 Å². The topological polar surface area (TPSA) is 19.4 Å². The highest BCUT2D eigenvalue weighted by Gasteiger charge is 2.24. The lowest BCUT2D eigenvalue weighted by molar-refractivity contribution is 0.171. The van der Waals surface area contributed by atoms with Crippen molar-refractivity contribution in [1.82, 2.24) is 9.88 Å². The monoisotopic (exact) mass is 251 g/mol. The summed E-state index contributed by atoms with van der Waals surface area (Å²) in [6.07, 6.45) is 2.24. The van der Waals surface area contributed by atoms with Crippen LogP contribution in [0.2, 0.25) is 0 Å². The van der Waals surface area contributed by atoms with E-state index in [2.05, 4.69) is 28.6 Å². The maximum absolute atomic E-state index is 13.1. The Bertz CT molecular complexity index is 386. The molecular formula is C14H22FN3. The molecule has 100 valence electrons. The summed E-state index contributed by atoms with van der Waals surface area (Å²) in [4.78, 5) is 8.55. The molecule has 1 aromatic heterocycles. The fraction of sp³-hybridized carbons (Fsp3) is 0.643. The number of halogens is 1. The molecule has 0 atom stereocenters. The minimum absolute atomic E-state index is 0.404. The Hall–Kier alpha value is -1.16. The number of likely N-dealkylation sites (tertiary alicyclic amines) is 1.